The molecule has 2 rings (SSSR count). The molecule has 1 saturated carbocycles. The molecule has 1 aromatic rings. The first-order valence-electron chi connectivity index (χ1n) is 6.70. The van der Waals surface area contributed by atoms with Gasteiger partial charge in [0.25, 0.3) is 0 Å². The fourth-order valence-corrected chi connectivity index (χ4v) is 3.50. The molecule has 2 atom stereocenters. The van der Waals surface area contributed by atoms with E-state index in [0.717, 1.165) is 22.0 Å². The first-order valence-corrected chi connectivity index (χ1v) is 7.51. The molecule has 1 aliphatic carbocycles. The average Bonchev–Trinajstić information content (AvgIpc) is 2.63. The molecule has 17 heavy (non-hydrogen) atoms. The van der Waals surface area contributed by atoms with Gasteiger partial charge in [-0.3, -0.25) is 0 Å². The van der Waals surface area contributed by atoms with Gasteiger partial charge in [0.2, 0.25) is 5.13 Å². The molecule has 4 heteroatoms. The second kappa shape index (κ2) is 5.80. The van der Waals surface area contributed by atoms with E-state index in [0.29, 0.717) is 6.04 Å². The molecule has 0 aromatic carbocycles. The number of rotatable bonds is 4. The predicted molar refractivity (Wildman–Crippen MR) is 73.5 cm³/mol. The molecule has 1 aliphatic rings. The maximum atomic E-state index is 4.15. The van der Waals surface area contributed by atoms with Gasteiger partial charge in [0, 0.05) is 6.04 Å². The van der Waals surface area contributed by atoms with E-state index >= 15 is 0 Å². The molecular formula is C13H23N3S. The number of aryl methyl sites for hydroxylation is 1. The summed E-state index contributed by atoms with van der Waals surface area (Å²) in [6.45, 7) is 6.65. The van der Waals surface area contributed by atoms with Crippen molar-refractivity contribution in [3.63, 3.8) is 0 Å². The topological polar surface area (TPSA) is 37.8 Å². The summed E-state index contributed by atoms with van der Waals surface area (Å²) in [7, 11) is 0. The minimum Gasteiger partial charge on any atom is -0.357 e. The van der Waals surface area contributed by atoms with Crippen molar-refractivity contribution in [3.8, 4) is 0 Å². The van der Waals surface area contributed by atoms with E-state index in [1.54, 1.807) is 11.3 Å². The van der Waals surface area contributed by atoms with Crippen LogP contribution in [0.25, 0.3) is 0 Å². The first kappa shape index (κ1) is 12.8. The van der Waals surface area contributed by atoms with Crippen molar-refractivity contribution in [2.45, 2.75) is 58.9 Å². The molecule has 0 radical (unpaired) electrons. The van der Waals surface area contributed by atoms with Crippen LogP contribution >= 0.6 is 11.3 Å². The highest BCUT2D eigenvalue weighted by Gasteiger charge is 2.23. The maximum absolute atomic E-state index is 4.15. The number of hydrogen-bond donors (Lipinski definition) is 1. The zero-order valence-electron chi connectivity index (χ0n) is 11.1. The van der Waals surface area contributed by atoms with Crippen LogP contribution in [-0.2, 0) is 0 Å². The van der Waals surface area contributed by atoms with Crippen LogP contribution in [0.2, 0.25) is 0 Å². The summed E-state index contributed by atoms with van der Waals surface area (Å²) in [6.07, 6.45) is 6.72. The fraction of sp³-hybridized carbons (Fsp3) is 0.846. The van der Waals surface area contributed by atoms with Crippen LogP contribution in [0, 0.1) is 18.8 Å². The zero-order chi connectivity index (χ0) is 12.3. The van der Waals surface area contributed by atoms with E-state index in [9.17, 15) is 0 Å². The third-order valence-electron chi connectivity index (χ3n) is 3.44. The Kier molecular flexibility index (Phi) is 4.37. The minimum absolute atomic E-state index is 0.611. The van der Waals surface area contributed by atoms with Crippen LogP contribution in [0.5, 0.6) is 0 Å². The van der Waals surface area contributed by atoms with Crippen molar-refractivity contribution >= 4 is 16.5 Å². The van der Waals surface area contributed by atoms with Crippen molar-refractivity contribution in [2.75, 3.05) is 5.32 Å². The molecule has 0 bridgehead atoms. The lowest BCUT2D eigenvalue weighted by atomic mass is 9.81. The standard InChI is InChI=1S/C13H23N3S/c1-9(2)7-11-5-4-6-12(8-11)14-13-16-15-10(3)17-13/h9,11-12H,4-8H2,1-3H3,(H,14,16). The van der Waals surface area contributed by atoms with E-state index in [1.165, 1.54) is 32.1 Å². The van der Waals surface area contributed by atoms with Gasteiger partial charge in [-0.2, -0.15) is 0 Å². The number of hydrogen-bond acceptors (Lipinski definition) is 4. The summed E-state index contributed by atoms with van der Waals surface area (Å²) in [5.74, 6) is 1.72. The van der Waals surface area contributed by atoms with Crippen LogP contribution in [-0.4, -0.2) is 16.2 Å². The van der Waals surface area contributed by atoms with Gasteiger partial charge < -0.3 is 5.32 Å². The molecule has 0 aliphatic heterocycles. The predicted octanol–water partition coefficient (Wildman–Crippen LogP) is 3.86. The Bertz CT molecular complexity index is 348. The highest BCUT2D eigenvalue weighted by atomic mass is 32.1. The number of aromatic nitrogens is 2. The Balaban J connectivity index is 1.85. The molecular weight excluding hydrogens is 230 g/mol. The lowest BCUT2D eigenvalue weighted by Crippen LogP contribution is -2.27. The molecule has 1 N–H and O–H groups in total. The average molecular weight is 253 g/mol. The SMILES string of the molecule is Cc1nnc(NC2CCCC(CC(C)C)C2)s1. The van der Waals surface area contributed by atoms with Gasteiger partial charge in [-0.15, -0.1) is 10.2 Å². The quantitative estimate of drug-likeness (QED) is 0.885. The minimum atomic E-state index is 0.611. The summed E-state index contributed by atoms with van der Waals surface area (Å²) < 4.78 is 0. The van der Waals surface area contributed by atoms with E-state index in [2.05, 4.69) is 29.4 Å². The van der Waals surface area contributed by atoms with Crippen molar-refractivity contribution in [1.82, 2.24) is 10.2 Å². The third kappa shape index (κ3) is 3.95. The van der Waals surface area contributed by atoms with Gasteiger partial charge in [-0.25, -0.2) is 0 Å². The Hall–Kier alpha value is -0.640. The zero-order valence-corrected chi connectivity index (χ0v) is 11.9. The van der Waals surface area contributed by atoms with Crippen LogP contribution in [0.4, 0.5) is 5.13 Å². The molecule has 1 heterocycles. The summed E-state index contributed by atoms with van der Waals surface area (Å²) in [5, 5.41) is 13.8. The van der Waals surface area contributed by atoms with Crippen molar-refractivity contribution < 1.29 is 0 Å². The molecule has 1 aromatic heterocycles. The second-order valence-electron chi connectivity index (χ2n) is 5.63. The van der Waals surface area contributed by atoms with Gasteiger partial charge in [0.15, 0.2) is 0 Å². The van der Waals surface area contributed by atoms with Gasteiger partial charge in [-0.1, -0.05) is 38.0 Å². The molecule has 96 valence electrons. The molecule has 0 amide bonds. The highest BCUT2D eigenvalue weighted by molar-refractivity contribution is 7.15. The lowest BCUT2D eigenvalue weighted by molar-refractivity contribution is 0.289. The molecule has 3 nitrogen and oxygen atoms in total. The third-order valence-corrected chi connectivity index (χ3v) is 4.21. The molecule has 0 spiro atoms. The van der Waals surface area contributed by atoms with Crippen molar-refractivity contribution in [3.05, 3.63) is 5.01 Å². The normalized spacial score (nSPS) is 25.2. The van der Waals surface area contributed by atoms with Crippen LogP contribution in [0.3, 0.4) is 0 Å². The van der Waals surface area contributed by atoms with Crippen LogP contribution < -0.4 is 5.32 Å². The van der Waals surface area contributed by atoms with Gasteiger partial charge in [0.05, 0.1) is 0 Å². The maximum Gasteiger partial charge on any atom is 0.205 e. The Morgan fingerprint density at radius 1 is 1.35 bits per heavy atom. The summed E-state index contributed by atoms with van der Waals surface area (Å²) in [4.78, 5) is 0. The van der Waals surface area contributed by atoms with E-state index in [4.69, 9.17) is 0 Å². The summed E-state index contributed by atoms with van der Waals surface area (Å²) in [6, 6.07) is 0.611. The number of nitrogens with zero attached hydrogens (tertiary/aromatic N) is 2. The van der Waals surface area contributed by atoms with Gasteiger partial charge in [0.1, 0.15) is 5.01 Å². The molecule has 0 saturated heterocycles. The molecule has 1 fully saturated rings. The second-order valence-corrected chi connectivity index (χ2v) is 6.81. The fourth-order valence-electron chi connectivity index (χ4n) is 2.83. The van der Waals surface area contributed by atoms with E-state index in [1.807, 2.05) is 6.92 Å². The van der Waals surface area contributed by atoms with Gasteiger partial charge in [-0.05, 0) is 38.0 Å². The lowest BCUT2D eigenvalue weighted by Gasteiger charge is -2.30. The summed E-state index contributed by atoms with van der Waals surface area (Å²) >= 11 is 1.66. The van der Waals surface area contributed by atoms with Crippen LogP contribution in [0.15, 0.2) is 0 Å². The van der Waals surface area contributed by atoms with Gasteiger partial charge >= 0.3 is 0 Å². The van der Waals surface area contributed by atoms with E-state index < -0.39 is 0 Å². The molecule has 2 unspecified atom stereocenters. The van der Waals surface area contributed by atoms with Crippen molar-refractivity contribution in [2.24, 2.45) is 11.8 Å². The Labute approximate surface area is 108 Å². The van der Waals surface area contributed by atoms with Crippen LogP contribution in [0.1, 0.15) is 51.0 Å². The monoisotopic (exact) mass is 253 g/mol. The smallest absolute Gasteiger partial charge is 0.205 e. The number of nitrogens with one attached hydrogen (secondary N) is 1. The highest BCUT2D eigenvalue weighted by Crippen LogP contribution is 2.31. The first-order chi connectivity index (χ1) is 8.13. The largest absolute Gasteiger partial charge is 0.357 e. The summed E-state index contributed by atoms with van der Waals surface area (Å²) in [5.41, 5.74) is 0. The number of anilines is 1. The Morgan fingerprint density at radius 3 is 2.82 bits per heavy atom. The Morgan fingerprint density at radius 2 is 2.18 bits per heavy atom. The van der Waals surface area contributed by atoms with E-state index in [-0.39, 0.29) is 0 Å². The van der Waals surface area contributed by atoms with Crippen molar-refractivity contribution in [1.29, 1.82) is 0 Å².